The minimum absolute atomic E-state index is 0. The monoisotopic (exact) mass is 336 g/mol. The Kier molecular flexibility index (Phi) is 3.88. The molecule has 0 fully saturated rings. The van der Waals surface area contributed by atoms with Crippen molar-refractivity contribution in [1.82, 2.24) is 0 Å². The Balaban J connectivity index is 0.00000121. The molecule has 0 bridgehead atoms. The maximum absolute atomic E-state index is 10.3. The Hall–Kier alpha value is -0.910. The summed E-state index contributed by atoms with van der Waals surface area (Å²) in [6, 6.07) is 1.09. The number of carboxylic acids is 2. The number of hydrogen-bond donors (Lipinski definition) is 2. The fourth-order valence-corrected chi connectivity index (χ4v) is 0.643. The molecule has 0 spiro atoms. The molecule has 12 heavy (non-hydrogen) atoms. The molecule has 62 valence electrons. The van der Waals surface area contributed by atoms with Crippen LogP contribution in [0, 0.1) is 0 Å². The third kappa shape index (κ3) is 2.04. The summed E-state index contributed by atoms with van der Waals surface area (Å²) in [6.45, 7) is 0. The molecule has 5 nitrogen and oxygen atoms in total. The van der Waals surface area contributed by atoms with Crippen molar-refractivity contribution in [3.05, 3.63) is 23.7 Å². The van der Waals surface area contributed by atoms with Gasteiger partial charge in [0, 0.05) is 25.8 Å². The minimum atomic E-state index is -1.38. The van der Waals surface area contributed by atoms with E-state index >= 15 is 0 Å². The smallest absolute Gasteiger partial charge is 0.372 e. The van der Waals surface area contributed by atoms with Crippen molar-refractivity contribution in [2.24, 2.45) is 0 Å². The predicted octanol–water partition coefficient (Wildman–Crippen LogP) is 0.673. The molecule has 0 aromatic carbocycles. The molecule has 0 aliphatic heterocycles. The number of carboxylic acid groups (broad SMARTS) is 2. The van der Waals surface area contributed by atoms with Gasteiger partial charge in [-0.2, -0.15) is 0 Å². The number of furan rings is 1. The van der Waals surface area contributed by atoms with Crippen LogP contribution in [0.15, 0.2) is 16.7 Å². The molecule has 1 aromatic heterocycles. The van der Waals surface area contributed by atoms with Crippen LogP contribution in [0.4, 0.5) is 0 Å². The number of carbonyl (C=O) groups is 2. The van der Waals surface area contributed by atoms with Gasteiger partial charge in [-0.3, -0.25) is 0 Å². The standard InChI is InChI=1S/C6H4O5.Hf/c7-5(8)3-1-2-11-4(3)6(9)10;/h1-2H,(H,7,8)(H,9,10);. The Labute approximate surface area is 85.8 Å². The van der Waals surface area contributed by atoms with Crippen LogP contribution >= 0.6 is 0 Å². The van der Waals surface area contributed by atoms with E-state index in [-0.39, 0.29) is 31.4 Å². The molecule has 2 N–H and O–H groups in total. The fourth-order valence-electron chi connectivity index (χ4n) is 0.643. The van der Waals surface area contributed by atoms with Crippen LogP contribution < -0.4 is 0 Å². The first-order chi connectivity index (χ1) is 5.13. The van der Waals surface area contributed by atoms with E-state index < -0.39 is 17.7 Å². The third-order valence-electron chi connectivity index (χ3n) is 1.09. The average molecular weight is 335 g/mol. The van der Waals surface area contributed by atoms with Gasteiger partial charge < -0.3 is 14.6 Å². The molecule has 0 amide bonds. The van der Waals surface area contributed by atoms with Crippen molar-refractivity contribution in [3.8, 4) is 0 Å². The van der Waals surface area contributed by atoms with Crippen molar-refractivity contribution < 1.29 is 50.1 Å². The van der Waals surface area contributed by atoms with Crippen molar-refractivity contribution in [2.75, 3.05) is 0 Å². The number of rotatable bonds is 2. The second-order valence-corrected chi connectivity index (χ2v) is 1.77. The zero-order chi connectivity index (χ0) is 8.43. The molecule has 0 saturated carbocycles. The van der Waals surface area contributed by atoms with Gasteiger partial charge in [0.15, 0.2) is 0 Å². The molecule has 1 aromatic rings. The number of hydrogen-bond acceptors (Lipinski definition) is 3. The van der Waals surface area contributed by atoms with Gasteiger partial charge in [-0.05, 0) is 6.07 Å². The van der Waals surface area contributed by atoms with Crippen LogP contribution in [0.25, 0.3) is 0 Å². The zero-order valence-electron chi connectivity index (χ0n) is 5.77. The summed E-state index contributed by atoms with van der Waals surface area (Å²) in [5.74, 6) is -3.24. The molecule has 6 heteroatoms. The maximum Gasteiger partial charge on any atom is 0.372 e. The SMILES string of the molecule is O=C(O)c1ccoc1C(=O)O.[Hf]. The van der Waals surface area contributed by atoms with E-state index in [1.807, 2.05) is 0 Å². The van der Waals surface area contributed by atoms with Crippen LogP contribution in [0.5, 0.6) is 0 Å². The van der Waals surface area contributed by atoms with Gasteiger partial charge >= 0.3 is 11.9 Å². The zero-order valence-corrected chi connectivity index (χ0v) is 9.37. The molecule has 0 aliphatic carbocycles. The van der Waals surface area contributed by atoms with E-state index in [1.54, 1.807) is 0 Å². The summed E-state index contributed by atoms with van der Waals surface area (Å²) < 4.78 is 4.41. The van der Waals surface area contributed by atoms with E-state index in [2.05, 4.69) is 4.42 Å². The first-order valence-corrected chi connectivity index (χ1v) is 2.67. The largest absolute Gasteiger partial charge is 0.478 e. The van der Waals surface area contributed by atoms with E-state index in [9.17, 15) is 9.59 Å². The summed E-state index contributed by atoms with van der Waals surface area (Å²) in [7, 11) is 0. The van der Waals surface area contributed by atoms with Gasteiger partial charge in [0.05, 0.1) is 6.26 Å². The molecule has 1 heterocycles. The van der Waals surface area contributed by atoms with Crippen LogP contribution in [-0.4, -0.2) is 22.2 Å². The van der Waals surface area contributed by atoms with Crippen molar-refractivity contribution in [3.63, 3.8) is 0 Å². The van der Waals surface area contributed by atoms with Crippen LogP contribution in [0.1, 0.15) is 20.9 Å². The van der Waals surface area contributed by atoms with Crippen LogP contribution in [0.3, 0.4) is 0 Å². The quantitative estimate of drug-likeness (QED) is 0.776. The molecule has 1 rings (SSSR count). The second-order valence-electron chi connectivity index (χ2n) is 1.77. The Morgan fingerprint density at radius 1 is 1.25 bits per heavy atom. The van der Waals surface area contributed by atoms with Gasteiger partial charge in [-0.15, -0.1) is 0 Å². The molecule has 0 radical (unpaired) electrons. The van der Waals surface area contributed by atoms with Gasteiger partial charge in [-0.1, -0.05) is 0 Å². The first-order valence-electron chi connectivity index (χ1n) is 2.67. The summed E-state index contributed by atoms with van der Waals surface area (Å²) in [5.41, 5.74) is -0.336. The fraction of sp³-hybridized carbons (Fsp3) is 0. The van der Waals surface area contributed by atoms with E-state index in [1.165, 1.54) is 0 Å². The van der Waals surface area contributed by atoms with E-state index in [0.29, 0.717) is 0 Å². The summed E-state index contributed by atoms with van der Waals surface area (Å²) in [4.78, 5) is 20.5. The van der Waals surface area contributed by atoms with Gasteiger partial charge in [-0.25, -0.2) is 9.59 Å². The number of aromatic carboxylic acids is 2. The normalized spacial score (nSPS) is 8.67. The summed E-state index contributed by atoms with van der Waals surface area (Å²) in [6.07, 6.45) is 1.02. The third-order valence-corrected chi connectivity index (χ3v) is 1.09. The summed E-state index contributed by atoms with van der Waals surface area (Å²) in [5, 5.41) is 16.7. The van der Waals surface area contributed by atoms with Crippen molar-refractivity contribution >= 4 is 11.9 Å². The van der Waals surface area contributed by atoms with E-state index in [4.69, 9.17) is 10.2 Å². The minimum Gasteiger partial charge on any atom is -0.478 e. The van der Waals surface area contributed by atoms with Gasteiger partial charge in [0.25, 0.3) is 0 Å². The Bertz CT molecular complexity index is 274. The van der Waals surface area contributed by atoms with Gasteiger partial charge in [0.2, 0.25) is 5.76 Å². The molecule has 0 saturated heterocycles. The maximum atomic E-state index is 10.3. The second kappa shape index (κ2) is 4.20. The van der Waals surface area contributed by atoms with Crippen LogP contribution in [0.2, 0.25) is 0 Å². The molecule has 0 atom stereocenters. The molecule has 0 unspecified atom stereocenters. The van der Waals surface area contributed by atoms with Crippen LogP contribution in [-0.2, 0) is 25.8 Å². The molecule has 0 aliphatic rings. The topological polar surface area (TPSA) is 87.7 Å². The van der Waals surface area contributed by atoms with Gasteiger partial charge in [0.1, 0.15) is 5.56 Å². The molecular weight excluding hydrogens is 331 g/mol. The first kappa shape index (κ1) is 11.1. The molecular formula is C6H4HfO5. The Morgan fingerprint density at radius 2 is 1.83 bits per heavy atom. The Morgan fingerprint density at radius 3 is 2.17 bits per heavy atom. The van der Waals surface area contributed by atoms with E-state index in [0.717, 1.165) is 12.3 Å². The predicted molar refractivity (Wildman–Crippen MR) is 32.6 cm³/mol. The van der Waals surface area contributed by atoms with Crippen molar-refractivity contribution in [1.29, 1.82) is 0 Å². The average Bonchev–Trinajstić information content (AvgIpc) is 2.32. The van der Waals surface area contributed by atoms with Crippen molar-refractivity contribution in [2.45, 2.75) is 0 Å². The summed E-state index contributed by atoms with van der Waals surface area (Å²) >= 11 is 0.